The zero-order chi connectivity index (χ0) is 11.8. The van der Waals surface area contributed by atoms with Gasteiger partial charge in [0.2, 0.25) is 0 Å². The summed E-state index contributed by atoms with van der Waals surface area (Å²) >= 11 is 0. The first kappa shape index (κ1) is 11.2. The van der Waals surface area contributed by atoms with Gasteiger partial charge in [-0.3, -0.25) is 9.00 Å². The van der Waals surface area contributed by atoms with Gasteiger partial charge in [0.25, 0.3) is 0 Å². The van der Waals surface area contributed by atoms with Gasteiger partial charge in [-0.15, -0.1) is 0 Å². The van der Waals surface area contributed by atoms with Gasteiger partial charge < -0.3 is 4.42 Å². The Balaban J connectivity index is 1.78. The summed E-state index contributed by atoms with van der Waals surface area (Å²) < 4.78 is 17.0. The quantitative estimate of drug-likeness (QED) is 0.760. The highest BCUT2D eigenvalue weighted by Gasteiger charge is 2.40. The molecule has 1 aromatic rings. The molecule has 2 fully saturated rings. The van der Waals surface area contributed by atoms with Gasteiger partial charge in [-0.25, -0.2) is 0 Å². The summed E-state index contributed by atoms with van der Waals surface area (Å²) in [5.74, 6) is 0.230. The molecule has 1 aromatic heterocycles. The van der Waals surface area contributed by atoms with Crippen LogP contribution in [0.2, 0.25) is 0 Å². The largest absolute Gasteiger partial charge is 0.472 e. The maximum absolute atomic E-state index is 12.2. The van der Waals surface area contributed by atoms with Crippen LogP contribution in [0.4, 0.5) is 0 Å². The number of furan rings is 1. The molecule has 0 amide bonds. The summed E-state index contributed by atoms with van der Waals surface area (Å²) in [4.78, 5) is 12.2. The molecule has 0 radical (unpaired) electrons. The Morgan fingerprint density at radius 2 is 2.00 bits per heavy atom. The molecule has 3 heterocycles. The number of carbonyl (C=O) groups is 1. The summed E-state index contributed by atoms with van der Waals surface area (Å²) in [5.41, 5.74) is 0.667. The van der Waals surface area contributed by atoms with Crippen molar-refractivity contribution in [1.82, 2.24) is 0 Å². The highest BCUT2D eigenvalue weighted by atomic mass is 32.2. The average Bonchev–Trinajstić information content (AvgIpc) is 2.81. The van der Waals surface area contributed by atoms with E-state index in [1.807, 2.05) is 0 Å². The second-order valence-electron chi connectivity index (χ2n) is 5.05. The minimum absolute atomic E-state index is 0.0561. The van der Waals surface area contributed by atoms with E-state index in [9.17, 15) is 9.00 Å². The van der Waals surface area contributed by atoms with Gasteiger partial charge in [0.1, 0.15) is 6.26 Å². The fourth-order valence-electron chi connectivity index (χ4n) is 3.09. The molecule has 0 spiro atoms. The van der Waals surface area contributed by atoms with Crippen molar-refractivity contribution >= 4 is 16.6 Å². The predicted octanol–water partition coefficient (Wildman–Crippen LogP) is 2.54. The van der Waals surface area contributed by atoms with Crippen LogP contribution in [0.5, 0.6) is 0 Å². The third-order valence-electron chi connectivity index (χ3n) is 3.98. The third kappa shape index (κ3) is 1.99. The van der Waals surface area contributed by atoms with Crippen molar-refractivity contribution in [2.75, 3.05) is 0 Å². The minimum atomic E-state index is -0.696. The molecule has 2 aliphatic heterocycles. The van der Waals surface area contributed by atoms with E-state index in [4.69, 9.17) is 4.42 Å². The smallest absolute Gasteiger partial charge is 0.169 e. The number of hydrogen-bond acceptors (Lipinski definition) is 3. The van der Waals surface area contributed by atoms with Gasteiger partial charge >= 0.3 is 0 Å². The van der Waals surface area contributed by atoms with Crippen LogP contribution in [0.15, 0.2) is 23.0 Å². The summed E-state index contributed by atoms with van der Waals surface area (Å²) in [5, 5.41) is 0.506. The van der Waals surface area contributed by atoms with Crippen molar-refractivity contribution in [3.05, 3.63) is 24.2 Å². The Kier molecular flexibility index (Phi) is 2.90. The molecule has 2 saturated heterocycles. The molecular weight excluding hydrogens is 236 g/mol. The van der Waals surface area contributed by atoms with Crippen molar-refractivity contribution in [2.45, 2.75) is 42.6 Å². The van der Waals surface area contributed by atoms with E-state index in [1.165, 1.54) is 18.9 Å². The molecule has 0 aromatic carbocycles. The van der Waals surface area contributed by atoms with Crippen molar-refractivity contribution in [3.8, 4) is 0 Å². The normalized spacial score (nSPS) is 36.7. The average molecular weight is 252 g/mol. The molecule has 2 unspecified atom stereocenters. The lowest BCUT2D eigenvalue weighted by Crippen LogP contribution is -2.41. The second kappa shape index (κ2) is 4.41. The Hall–Kier alpha value is -0.900. The molecule has 4 heteroatoms. The summed E-state index contributed by atoms with van der Waals surface area (Å²) in [6.07, 6.45) is 7.88. The summed E-state index contributed by atoms with van der Waals surface area (Å²) in [6, 6.07) is 1.73. The minimum Gasteiger partial charge on any atom is -0.472 e. The first-order chi connectivity index (χ1) is 8.25. The topological polar surface area (TPSA) is 47.3 Å². The molecule has 0 aliphatic carbocycles. The molecule has 17 heavy (non-hydrogen) atoms. The number of hydrogen-bond donors (Lipinski definition) is 0. The van der Waals surface area contributed by atoms with E-state index >= 15 is 0 Å². The van der Waals surface area contributed by atoms with Crippen molar-refractivity contribution in [2.24, 2.45) is 5.92 Å². The molecule has 92 valence electrons. The number of fused-ring (bicyclic) bond motifs is 2. The third-order valence-corrected chi connectivity index (χ3v) is 6.15. The number of rotatable bonds is 2. The highest BCUT2D eigenvalue weighted by molar-refractivity contribution is 7.86. The van der Waals surface area contributed by atoms with E-state index < -0.39 is 10.8 Å². The summed E-state index contributed by atoms with van der Waals surface area (Å²) in [6.45, 7) is 0. The lowest BCUT2D eigenvalue weighted by molar-refractivity contribution is 0.0894. The van der Waals surface area contributed by atoms with E-state index in [-0.39, 0.29) is 22.2 Å². The van der Waals surface area contributed by atoms with Gasteiger partial charge in [0.15, 0.2) is 5.78 Å². The van der Waals surface area contributed by atoms with Crippen LogP contribution in [0, 0.1) is 5.92 Å². The van der Waals surface area contributed by atoms with E-state index in [2.05, 4.69) is 0 Å². The zero-order valence-electron chi connectivity index (χ0n) is 9.63. The van der Waals surface area contributed by atoms with Crippen LogP contribution >= 0.6 is 0 Å². The lowest BCUT2D eigenvalue weighted by atomic mass is 9.85. The van der Waals surface area contributed by atoms with Gasteiger partial charge in [-0.05, 0) is 31.7 Å². The van der Waals surface area contributed by atoms with Crippen molar-refractivity contribution in [1.29, 1.82) is 0 Å². The predicted molar refractivity (Wildman–Crippen MR) is 65.3 cm³/mol. The first-order valence-electron chi connectivity index (χ1n) is 6.21. The fraction of sp³-hybridized carbons (Fsp3) is 0.615. The second-order valence-corrected chi connectivity index (χ2v) is 7.04. The van der Waals surface area contributed by atoms with Gasteiger partial charge in [-0.2, -0.15) is 0 Å². The van der Waals surface area contributed by atoms with E-state index in [0.29, 0.717) is 5.56 Å². The molecular formula is C13H16O3S. The van der Waals surface area contributed by atoms with Crippen LogP contribution in [0.3, 0.4) is 0 Å². The highest BCUT2D eigenvalue weighted by Crippen LogP contribution is 2.38. The molecule has 0 N–H and O–H groups in total. The maximum atomic E-state index is 12.2. The number of Topliss-reactive ketones (excluding diaryl/α,β-unsaturated/α-hetero) is 1. The lowest BCUT2D eigenvalue weighted by Gasteiger charge is -2.37. The maximum Gasteiger partial charge on any atom is 0.169 e. The van der Waals surface area contributed by atoms with Crippen molar-refractivity contribution in [3.63, 3.8) is 0 Å². The van der Waals surface area contributed by atoms with Crippen LogP contribution in [0.25, 0.3) is 0 Å². The SMILES string of the molecule is O=C(c1ccoc1)C1CC2CCCC(C1)S2=O. The Morgan fingerprint density at radius 3 is 2.59 bits per heavy atom. The molecule has 3 nitrogen and oxygen atoms in total. The molecule has 2 bridgehead atoms. The van der Waals surface area contributed by atoms with Crippen LogP contribution in [-0.2, 0) is 10.8 Å². The first-order valence-corrected chi connectivity index (χ1v) is 7.49. The van der Waals surface area contributed by atoms with Crippen molar-refractivity contribution < 1.29 is 13.4 Å². The van der Waals surface area contributed by atoms with Gasteiger partial charge in [0, 0.05) is 27.2 Å². The fourth-order valence-corrected chi connectivity index (χ4v) is 5.27. The standard InChI is InChI=1S/C13H16O3S/c14-13(9-4-5-16-8-9)10-6-11-2-1-3-12(7-10)17(11)15/h4-5,8,10-12H,1-3,6-7H2. The molecule has 2 atom stereocenters. The Labute approximate surface area is 103 Å². The Bertz CT molecular complexity index is 422. The molecule has 2 aliphatic rings. The van der Waals surface area contributed by atoms with Crippen LogP contribution in [-0.4, -0.2) is 20.5 Å². The zero-order valence-corrected chi connectivity index (χ0v) is 10.4. The van der Waals surface area contributed by atoms with E-state index in [0.717, 1.165) is 25.7 Å². The summed E-state index contributed by atoms with van der Waals surface area (Å²) in [7, 11) is -0.696. The van der Waals surface area contributed by atoms with E-state index in [1.54, 1.807) is 6.07 Å². The van der Waals surface area contributed by atoms with Gasteiger partial charge in [-0.1, -0.05) is 6.42 Å². The van der Waals surface area contributed by atoms with Gasteiger partial charge in [0.05, 0.1) is 11.8 Å². The molecule has 3 rings (SSSR count). The van der Waals surface area contributed by atoms with Crippen LogP contribution in [0.1, 0.15) is 42.5 Å². The number of ketones is 1. The monoisotopic (exact) mass is 252 g/mol. The Morgan fingerprint density at radius 1 is 1.29 bits per heavy atom. The van der Waals surface area contributed by atoms with Crippen LogP contribution < -0.4 is 0 Å². The number of carbonyl (C=O) groups excluding carboxylic acids is 1. The molecule has 0 saturated carbocycles.